The van der Waals surface area contributed by atoms with Crippen LogP contribution in [0, 0.1) is 11.6 Å². The first kappa shape index (κ1) is 16.7. The van der Waals surface area contributed by atoms with Gasteiger partial charge in [0.05, 0.1) is 6.04 Å². The quantitative estimate of drug-likeness (QED) is 0.640. The third-order valence-corrected chi connectivity index (χ3v) is 4.53. The van der Waals surface area contributed by atoms with E-state index < -0.39 is 11.6 Å². The Morgan fingerprint density at radius 3 is 2.25 bits per heavy atom. The molecule has 1 N–H and O–H groups in total. The lowest BCUT2D eigenvalue weighted by molar-refractivity contribution is 0.583. The number of nitrogens with one attached hydrogen (secondary N) is 1. The van der Waals surface area contributed by atoms with Crippen molar-refractivity contribution in [3.63, 3.8) is 0 Å². The summed E-state index contributed by atoms with van der Waals surface area (Å²) in [4.78, 5) is 0. The number of allylic oxidation sites excluding steroid dienone is 1. The monoisotopic (exact) mass is 327 g/mol. The molecule has 3 heteroatoms. The van der Waals surface area contributed by atoms with Gasteiger partial charge in [0.2, 0.25) is 0 Å². The van der Waals surface area contributed by atoms with Crippen molar-refractivity contribution in [1.29, 1.82) is 0 Å². The zero-order valence-electron chi connectivity index (χ0n) is 14.2. The maximum atomic E-state index is 13.5. The van der Waals surface area contributed by atoms with E-state index in [2.05, 4.69) is 37.4 Å². The van der Waals surface area contributed by atoms with Crippen LogP contribution in [0.5, 0.6) is 0 Å². The highest BCUT2D eigenvalue weighted by atomic mass is 19.1. The number of rotatable bonds is 6. The molecule has 1 aliphatic rings. The topological polar surface area (TPSA) is 12.0 Å². The standard InChI is InChI=1S/C21H23F2N/c1-3-7-17-18-9-5-6-10-20(18)21(19(17)8-4-2)24-16-12-14(22)11-15(23)13-16/h5-6,9-13,21,24H,3-4,7-8H2,1-2H3. The summed E-state index contributed by atoms with van der Waals surface area (Å²) in [5, 5.41) is 3.36. The highest BCUT2D eigenvalue weighted by Crippen LogP contribution is 2.45. The first-order valence-electron chi connectivity index (χ1n) is 8.67. The van der Waals surface area contributed by atoms with Crippen LogP contribution in [0.3, 0.4) is 0 Å². The fourth-order valence-electron chi connectivity index (χ4n) is 3.64. The summed E-state index contributed by atoms with van der Waals surface area (Å²) >= 11 is 0. The number of hydrogen-bond acceptors (Lipinski definition) is 1. The van der Waals surface area contributed by atoms with Crippen LogP contribution in [0.1, 0.15) is 56.7 Å². The van der Waals surface area contributed by atoms with Gasteiger partial charge in [0.25, 0.3) is 0 Å². The molecule has 0 saturated carbocycles. The average molecular weight is 327 g/mol. The first-order chi connectivity index (χ1) is 11.6. The normalized spacial score (nSPS) is 16.4. The van der Waals surface area contributed by atoms with Crippen LogP contribution >= 0.6 is 0 Å². The van der Waals surface area contributed by atoms with Crippen molar-refractivity contribution in [3.8, 4) is 0 Å². The summed E-state index contributed by atoms with van der Waals surface area (Å²) in [5.74, 6) is -1.11. The molecule has 24 heavy (non-hydrogen) atoms. The van der Waals surface area contributed by atoms with Gasteiger partial charge in [-0.3, -0.25) is 0 Å². The fraction of sp³-hybridized carbons (Fsp3) is 0.333. The van der Waals surface area contributed by atoms with Crippen molar-refractivity contribution in [2.45, 2.75) is 45.6 Å². The van der Waals surface area contributed by atoms with Crippen molar-refractivity contribution in [3.05, 3.63) is 70.8 Å². The molecule has 1 atom stereocenters. The zero-order chi connectivity index (χ0) is 17.1. The minimum absolute atomic E-state index is 0.0103. The van der Waals surface area contributed by atoms with Crippen LogP contribution in [0.4, 0.5) is 14.5 Å². The van der Waals surface area contributed by atoms with Gasteiger partial charge in [0, 0.05) is 11.8 Å². The SMILES string of the molecule is CCCC1=C(CCC)C(Nc2cc(F)cc(F)c2)c2ccccc21. The molecule has 0 amide bonds. The maximum absolute atomic E-state index is 13.5. The Bertz CT molecular complexity index is 744. The molecule has 0 aliphatic heterocycles. The van der Waals surface area contributed by atoms with E-state index in [-0.39, 0.29) is 6.04 Å². The molecule has 1 aliphatic carbocycles. The molecule has 0 aromatic heterocycles. The molecule has 1 nitrogen and oxygen atoms in total. The van der Waals surface area contributed by atoms with Gasteiger partial charge in [-0.15, -0.1) is 0 Å². The molecule has 0 spiro atoms. The molecule has 0 saturated heterocycles. The second kappa shape index (κ2) is 7.16. The van der Waals surface area contributed by atoms with E-state index in [1.165, 1.54) is 34.4 Å². The predicted molar refractivity (Wildman–Crippen MR) is 95.9 cm³/mol. The highest BCUT2D eigenvalue weighted by Gasteiger charge is 2.29. The second-order valence-corrected chi connectivity index (χ2v) is 6.33. The third-order valence-electron chi connectivity index (χ3n) is 4.53. The lowest BCUT2D eigenvalue weighted by Gasteiger charge is -2.20. The van der Waals surface area contributed by atoms with Crippen molar-refractivity contribution >= 4 is 11.3 Å². The summed E-state index contributed by atoms with van der Waals surface area (Å²) < 4.78 is 27.1. The summed E-state index contributed by atoms with van der Waals surface area (Å²) in [6.07, 6.45) is 4.14. The number of anilines is 1. The van der Waals surface area contributed by atoms with Gasteiger partial charge in [-0.1, -0.05) is 51.0 Å². The van der Waals surface area contributed by atoms with Crippen LogP contribution in [-0.2, 0) is 0 Å². The number of halogens is 2. The van der Waals surface area contributed by atoms with Crippen molar-refractivity contribution in [2.75, 3.05) is 5.32 Å². The van der Waals surface area contributed by atoms with Crippen LogP contribution in [0.15, 0.2) is 48.0 Å². The van der Waals surface area contributed by atoms with Gasteiger partial charge in [0.1, 0.15) is 11.6 Å². The Labute approximate surface area is 142 Å². The molecular weight excluding hydrogens is 304 g/mol. The van der Waals surface area contributed by atoms with Crippen LogP contribution < -0.4 is 5.32 Å². The smallest absolute Gasteiger partial charge is 0.128 e. The predicted octanol–water partition coefficient (Wildman–Crippen LogP) is 6.49. The average Bonchev–Trinajstić information content (AvgIpc) is 2.82. The Morgan fingerprint density at radius 2 is 1.58 bits per heavy atom. The largest absolute Gasteiger partial charge is 0.374 e. The lowest BCUT2D eigenvalue weighted by Crippen LogP contribution is -2.11. The second-order valence-electron chi connectivity index (χ2n) is 6.33. The van der Waals surface area contributed by atoms with Gasteiger partial charge >= 0.3 is 0 Å². The van der Waals surface area contributed by atoms with E-state index in [0.717, 1.165) is 31.7 Å². The van der Waals surface area contributed by atoms with E-state index in [9.17, 15) is 8.78 Å². The first-order valence-corrected chi connectivity index (χ1v) is 8.67. The molecule has 3 rings (SSSR count). The van der Waals surface area contributed by atoms with E-state index in [0.29, 0.717) is 5.69 Å². The van der Waals surface area contributed by atoms with E-state index in [4.69, 9.17) is 0 Å². The molecule has 0 radical (unpaired) electrons. The van der Waals surface area contributed by atoms with Crippen molar-refractivity contribution in [1.82, 2.24) is 0 Å². The minimum atomic E-state index is -0.557. The van der Waals surface area contributed by atoms with Gasteiger partial charge in [-0.2, -0.15) is 0 Å². The number of benzene rings is 2. The van der Waals surface area contributed by atoms with Crippen LogP contribution in [0.25, 0.3) is 5.57 Å². The molecule has 126 valence electrons. The highest BCUT2D eigenvalue weighted by molar-refractivity contribution is 5.79. The Morgan fingerprint density at radius 1 is 0.917 bits per heavy atom. The van der Waals surface area contributed by atoms with Gasteiger partial charge in [-0.25, -0.2) is 8.78 Å². The number of hydrogen-bond donors (Lipinski definition) is 1. The zero-order valence-corrected chi connectivity index (χ0v) is 14.2. The van der Waals surface area contributed by atoms with Gasteiger partial charge in [-0.05, 0) is 47.2 Å². The summed E-state index contributed by atoms with van der Waals surface area (Å²) in [5.41, 5.74) is 5.71. The molecule has 0 heterocycles. The maximum Gasteiger partial charge on any atom is 0.128 e. The van der Waals surface area contributed by atoms with Crippen molar-refractivity contribution < 1.29 is 8.78 Å². The van der Waals surface area contributed by atoms with E-state index in [1.807, 2.05) is 6.07 Å². The molecule has 2 aromatic carbocycles. The fourth-order valence-corrected chi connectivity index (χ4v) is 3.64. The number of fused-ring (bicyclic) bond motifs is 1. The molecular formula is C21H23F2N. The Kier molecular flexibility index (Phi) is 4.98. The molecule has 1 unspecified atom stereocenters. The van der Waals surface area contributed by atoms with E-state index >= 15 is 0 Å². The van der Waals surface area contributed by atoms with E-state index in [1.54, 1.807) is 0 Å². The summed E-state index contributed by atoms with van der Waals surface area (Å²) in [7, 11) is 0. The summed E-state index contributed by atoms with van der Waals surface area (Å²) in [6, 6.07) is 12.0. The lowest BCUT2D eigenvalue weighted by atomic mass is 9.98. The van der Waals surface area contributed by atoms with Crippen molar-refractivity contribution in [2.24, 2.45) is 0 Å². The molecule has 0 fully saturated rings. The minimum Gasteiger partial charge on any atom is -0.374 e. The third kappa shape index (κ3) is 3.21. The van der Waals surface area contributed by atoms with Crippen LogP contribution in [0.2, 0.25) is 0 Å². The van der Waals surface area contributed by atoms with Gasteiger partial charge in [0.15, 0.2) is 0 Å². The van der Waals surface area contributed by atoms with Crippen LogP contribution in [-0.4, -0.2) is 0 Å². The van der Waals surface area contributed by atoms with Gasteiger partial charge < -0.3 is 5.32 Å². The Balaban J connectivity index is 2.03. The molecule has 0 bridgehead atoms. The molecule has 2 aromatic rings. The Hall–Kier alpha value is -2.16. The summed E-state index contributed by atoms with van der Waals surface area (Å²) in [6.45, 7) is 4.35.